The van der Waals surface area contributed by atoms with Gasteiger partial charge in [0.2, 0.25) is 11.8 Å². The maximum absolute atomic E-state index is 14.2. The third-order valence-electron chi connectivity index (χ3n) is 7.24. The highest BCUT2D eigenvalue weighted by Gasteiger charge is 2.37. The predicted octanol–water partition coefficient (Wildman–Crippen LogP) is 4.06. The Morgan fingerprint density at radius 2 is 1.54 bits per heavy atom. The highest BCUT2D eigenvalue weighted by Crippen LogP contribution is 2.35. The van der Waals surface area contributed by atoms with E-state index >= 15 is 0 Å². The standard InChI is InChI=1S/C32H32N4O3/c1-22(33-2)31(38)34-27-21-35(30(37)19-23-11-4-3-5-12-23)28-17-8-9-18-29(28)36(32(27)39)20-25-15-10-14-24-13-6-7-16-26(24)25/h3-18,22,27,33H,19-21H2,1-2H3,(H,34,38)/t22?,27-/m0/s1. The second-order valence-corrected chi connectivity index (χ2v) is 9.79. The quantitative estimate of drug-likeness (QED) is 0.385. The van der Waals surface area contributed by atoms with Gasteiger partial charge >= 0.3 is 0 Å². The van der Waals surface area contributed by atoms with Gasteiger partial charge in [0.1, 0.15) is 6.04 Å². The van der Waals surface area contributed by atoms with E-state index in [0.717, 1.165) is 21.9 Å². The molecule has 198 valence electrons. The van der Waals surface area contributed by atoms with Crippen molar-refractivity contribution in [3.8, 4) is 0 Å². The molecule has 7 nitrogen and oxygen atoms in total. The Bertz CT molecular complexity index is 1500. The molecule has 1 aliphatic heterocycles. The number of anilines is 2. The fourth-order valence-electron chi connectivity index (χ4n) is 4.99. The van der Waals surface area contributed by atoms with Gasteiger partial charge in [0.15, 0.2) is 0 Å². The molecule has 0 aromatic heterocycles. The zero-order valence-corrected chi connectivity index (χ0v) is 22.1. The van der Waals surface area contributed by atoms with Crippen molar-refractivity contribution in [1.29, 1.82) is 0 Å². The third kappa shape index (κ3) is 5.54. The summed E-state index contributed by atoms with van der Waals surface area (Å²) < 4.78 is 0. The molecule has 39 heavy (non-hydrogen) atoms. The van der Waals surface area contributed by atoms with Gasteiger partial charge in [-0.15, -0.1) is 0 Å². The Hall–Kier alpha value is -4.49. The maximum Gasteiger partial charge on any atom is 0.251 e. The zero-order chi connectivity index (χ0) is 27.4. The first kappa shape index (κ1) is 26.1. The average molecular weight is 521 g/mol. The summed E-state index contributed by atoms with van der Waals surface area (Å²) >= 11 is 0. The molecule has 7 heteroatoms. The second-order valence-electron chi connectivity index (χ2n) is 9.79. The van der Waals surface area contributed by atoms with E-state index in [4.69, 9.17) is 0 Å². The Morgan fingerprint density at radius 3 is 2.31 bits per heavy atom. The van der Waals surface area contributed by atoms with Crippen molar-refractivity contribution >= 4 is 39.9 Å². The van der Waals surface area contributed by atoms with E-state index in [2.05, 4.69) is 10.6 Å². The van der Waals surface area contributed by atoms with Crippen LogP contribution in [0.2, 0.25) is 0 Å². The van der Waals surface area contributed by atoms with Gasteiger partial charge < -0.3 is 20.4 Å². The van der Waals surface area contributed by atoms with Crippen molar-refractivity contribution < 1.29 is 14.4 Å². The summed E-state index contributed by atoms with van der Waals surface area (Å²) in [6.45, 7) is 2.07. The molecule has 0 radical (unpaired) electrons. The summed E-state index contributed by atoms with van der Waals surface area (Å²) in [4.78, 5) is 44.2. The molecule has 1 heterocycles. The molecule has 0 aliphatic carbocycles. The van der Waals surface area contributed by atoms with E-state index < -0.39 is 12.1 Å². The number of hydrogen-bond donors (Lipinski definition) is 2. The van der Waals surface area contributed by atoms with E-state index in [1.54, 1.807) is 23.8 Å². The molecule has 5 rings (SSSR count). The average Bonchev–Trinajstić information content (AvgIpc) is 3.08. The first-order valence-corrected chi connectivity index (χ1v) is 13.1. The van der Waals surface area contributed by atoms with Crippen LogP contribution < -0.4 is 20.4 Å². The summed E-state index contributed by atoms with van der Waals surface area (Å²) in [5.41, 5.74) is 3.14. The number of nitrogens with zero attached hydrogens (tertiary/aromatic N) is 2. The lowest BCUT2D eigenvalue weighted by Gasteiger charge is -2.26. The lowest BCUT2D eigenvalue weighted by molar-refractivity contribution is -0.128. The Labute approximate surface area is 228 Å². The van der Waals surface area contributed by atoms with Gasteiger partial charge in [-0.25, -0.2) is 0 Å². The molecule has 0 bridgehead atoms. The highest BCUT2D eigenvalue weighted by atomic mass is 16.2. The molecule has 1 unspecified atom stereocenters. The van der Waals surface area contributed by atoms with Crippen LogP contribution in [0.4, 0.5) is 11.4 Å². The van der Waals surface area contributed by atoms with Gasteiger partial charge in [-0.2, -0.15) is 0 Å². The van der Waals surface area contributed by atoms with Gasteiger partial charge in [0, 0.05) is 0 Å². The highest BCUT2D eigenvalue weighted by molar-refractivity contribution is 6.08. The van der Waals surface area contributed by atoms with E-state index in [9.17, 15) is 14.4 Å². The number of para-hydroxylation sites is 2. The molecule has 3 amide bonds. The Balaban J connectivity index is 1.57. The summed E-state index contributed by atoms with van der Waals surface area (Å²) in [6.07, 6.45) is 0.181. The van der Waals surface area contributed by atoms with Crippen LogP contribution in [-0.2, 0) is 27.3 Å². The third-order valence-corrected chi connectivity index (χ3v) is 7.24. The van der Waals surface area contributed by atoms with Crippen LogP contribution in [0, 0.1) is 0 Å². The fourth-order valence-corrected chi connectivity index (χ4v) is 4.99. The second kappa shape index (κ2) is 11.5. The lowest BCUT2D eigenvalue weighted by atomic mass is 10.0. The zero-order valence-electron chi connectivity index (χ0n) is 22.1. The van der Waals surface area contributed by atoms with Crippen molar-refractivity contribution in [1.82, 2.24) is 10.6 Å². The summed E-state index contributed by atoms with van der Waals surface area (Å²) in [5, 5.41) is 7.96. The molecule has 2 N–H and O–H groups in total. The van der Waals surface area contributed by atoms with Crippen LogP contribution in [0.25, 0.3) is 10.8 Å². The monoisotopic (exact) mass is 520 g/mol. The number of benzene rings is 4. The van der Waals surface area contributed by atoms with Gasteiger partial charge in [-0.1, -0.05) is 84.9 Å². The van der Waals surface area contributed by atoms with Crippen molar-refractivity contribution in [3.05, 3.63) is 108 Å². The minimum absolute atomic E-state index is 0.0374. The molecule has 0 fully saturated rings. The van der Waals surface area contributed by atoms with Crippen molar-refractivity contribution in [2.75, 3.05) is 23.4 Å². The SMILES string of the molecule is CNC(C)C(=O)N[C@H]1CN(C(=O)Cc2ccccc2)c2ccccc2N(Cc2cccc3ccccc23)C1=O. The van der Waals surface area contributed by atoms with Gasteiger partial charge in [0.05, 0.1) is 36.9 Å². The number of fused-ring (bicyclic) bond motifs is 2. The fraction of sp³-hybridized carbons (Fsp3) is 0.219. The largest absolute Gasteiger partial charge is 0.341 e. The maximum atomic E-state index is 14.2. The van der Waals surface area contributed by atoms with Gasteiger partial charge in [-0.05, 0) is 48.0 Å². The van der Waals surface area contributed by atoms with E-state index in [1.807, 2.05) is 97.1 Å². The number of hydrogen-bond acceptors (Lipinski definition) is 4. The lowest BCUT2D eigenvalue weighted by Crippen LogP contribution is -2.55. The molecule has 0 saturated carbocycles. The van der Waals surface area contributed by atoms with Crippen LogP contribution in [0.5, 0.6) is 0 Å². The molecular formula is C32H32N4O3. The molecular weight excluding hydrogens is 488 g/mol. The molecule has 2 atom stereocenters. The van der Waals surface area contributed by atoms with E-state index in [-0.39, 0.29) is 30.7 Å². The predicted molar refractivity (Wildman–Crippen MR) is 155 cm³/mol. The Morgan fingerprint density at radius 1 is 0.872 bits per heavy atom. The molecule has 4 aromatic carbocycles. The van der Waals surface area contributed by atoms with Crippen LogP contribution in [0.15, 0.2) is 97.1 Å². The van der Waals surface area contributed by atoms with Gasteiger partial charge in [0.25, 0.3) is 5.91 Å². The number of likely N-dealkylation sites (N-methyl/N-ethyl adjacent to an activating group) is 1. The normalized spacial score (nSPS) is 15.9. The van der Waals surface area contributed by atoms with Gasteiger partial charge in [-0.3, -0.25) is 14.4 Å². The first-order valence-electron chi connectivity index (χ1n) is 13.1. The molecule has 1 aliphatic rings. The topological polar surface area (TPSA) is 81.8 Å². The first-order chi connectivity index (χ1) is 19.0. The number of rotatable bonds is 7. The van der Waals surface area contributed by atoms with Crippen LogP contribution >= 0.6 is 0 Å². The van der Waals surface area contributed by atoms with Crippen molar-refractivity contribution in [2.24, 2.45) is 0 Å². The van der Waals surface area contributed by atoms with Crippen LogP contribution in [0.3, 0.4) is 0 Å². The van der Waals surface area contributed by atoms with Crippen LogP contribution in [-0.4, -0.2) is 43.4 Å². The van der Waals surface area contributed by atoms with Crippen molar-refractivity contribution in [2.45, 2.75) is 32.0 Å². The van der Waals surface area contributed by atoms with Crippen LogP contribution in [0.1, 0.15) is 18.1 Å². The summed E-state index contributed by atoms with van der Waals surface area (Å²) in [7, 11) is 1.69. The summed E-state index contributed by atoms with van der Waals surface area (Å²) in [5.74, 6) is -0.709. The van der Waals surface area contributed by atoms with E-state index in [1.165, 1.54) is 0 Å². The number of carbonyl (C=O) groups excluding carboxylic acids is 3. The minimum Gasteiger partial charge on any atom is -0.341 e. The Kier molecular flexibility index (Phi) is 7.70. The number of carbonyl (C=O) groups is 3. The smallest absolute Gasteiger partial charge is 0.251 e. The molecule has 0 spiro atoms. The summed E-state index contributed by atoms with van der Waals surface area (Å²) in [6, 6.07) is 29.7. The number of nitrogens with one attached hydrogen (secondary N) is 2. The van der Waals surface area contributed by atoms with E-state index in [0.29, 0.717) is 17.9 Å². The molecule has 0 saturated heterocycles. The minimum atomic E-state index is -0.921. The molecule has 4 aromatic rings. The number of amides is 3. The van der Waals surface area contributed by atoms with Crippen molar-refractivity contribution in [3.63, 3.8) is 0 Å².